The highest BCUT2D eigenvalue weighted by Crippen LogP contribution is 2.62. The van der Waals surface area contributed by atoms with Gasteiger partial charge in [-0.3, -0.25) is 0 Å². The van der Waals surface area contributed by atoms with Crippen LogP contribution in [0.2, 0.25) is 0 Å². The molecule has 0 radical (unpaired) electrons. The standard InChI is InChI=1S/C37H27N/c1-3-29-30-14-8-10-16-34(30)37(33(29)4-2)35-17-11-9-15-31(35)32-23-22-28(24-36(32)37)38-27-20-18-26(19-21-27)25-12-6-5-7-13-25/h3-24,38H,1-2H2. The molecular formula is C37H27N. The van der Waals surface area contributed by atoms with Crippen LogP contribution in [-0.4, -0.2) is 0 Å². The molecule has 0 aromatic heterocycles. The molecule has 5 aromatic rings. The van der Waals surface area contributed by atoms with Crippen molar-refractivity contribution in [2.45, 2.75) is 5.41 Å². The van der Waals surface area contributed by atoms with Crippen molar-refractivity contribution in [2.75, 3.05) is 5.32 Å². The second-order valence-corrected chi connectivity index (χ2v) is 9.91. The Balaban J connectivity index is 1.38. The van der Waals surface area contributed by atoms with Gasteiger partial charge in [0.2, 0.25) is 0 Å². The molecule has 2 aliphatic rings. The predicted octanol–water partition coefficient (Wildman–Crippen LogP) is 9.55. The fourth-order valence-corrected chi connectivity index (χ4v) is 6.50. The Morgan fingerprint density at radius 2 is 1.08 bits per heavy atom. The molecule has 1 atom stereocenters. The smallest absolute Gasteiger partial charge is 0.0726 e. The minimum Gasteiger partial charge on any atom is -0.356 e. The third-order valence-corrected chi connectivity index (χ3v) is 8.05. The van der Waals surface area contributed by atoms with Gasteiger partial charge in [0.25, 0.3) is 0 Å². The van der Waals surface area contributed by atoms with E-state index >= 15 is 0 Å². The highest BCUT2D eigenvalue weighted by Gasteiger charge is 2.51. The van der Waals surface area contributed by atoms with Gasteiger partial charge in [0, 0.05) is 11.4 Å². The number of allylic oxidation sites excluding steroid dienone is 4. The van der Waals surface area contributed by atoms with Crippen LogP contribution in [0.5, 0.6) is 0 Å². The van der Waals surface area contributed by atoms with E-state index in [4.69, 9.17) is 0 Å². The topological polar surface area (TPSA) is 12.0 Å². The maximum atomic E-state index is 4.29. The zero-order valence-corrected chi connectivity index (χ0v) is 21.1. The van der Waals surface area contributed by atoms with Crippen molar-refractivity contribution in [3.05, 3.63) is 174 Å². The van der Waals surface area contributed by atoms with Gasteiger partial charge in [0.05, 0.1) is 5.41 Å². The Hall–Kier alpha value is -4.88. The molecule has 0 aliphatic heterocycles. The molecule has 0 heterocycles. The molecule has 0 bridgehead atoms. The first-order valence-electron chi connectivity index (χ1n) is 13.0. The van der Waals surface area contributed by atoms with Crippen LogP contribution in [0.1, 0.15) is 22.3 Å². The monoisotopic (exact) mass is 485 g/mol. The Labute approximate surface area is 224 Å². The van der Waals surface area contributed by atoms with Gasteiger partial charge in [-0.1, -0.05) is 122 Å². The first-order chi connectivity index (χ1) is 18.8. The van der Waals surface area contributed by atoms with Gasteiger partial charge in [0.15, 0.2) is 0 Å². The first-order valence-corrected chi connectivity index (χ1v) is 13.0. The highest BCUT2D eigenvalue weighted by molar-refractivity contribution is 5.98. The lowest BCUT2D eigenvalue weighted by Crippen LogP contribution is -2.26. The summed E-state index contributed by atoms with van der Waals surface area (Å²) in [5, 5.41) is 3.67. The number of nitrogens with one attached hydrogen (secondary N) is 1. The lowest BCUT2D eigenvalue weighted by Gasteiger charge is -2.31. The van der Waals surface area contributed by atoms with E-state index in [1.807, 2.05) is 18.2 Å². The van der Waals surface area contributed by atoms with Gasteiger partial charge in [-0.2, -0.15) is 0 Å². The van der Waals surface area contributed by atoms with Crippen molar-refractivity contribution in [2.24, 2.45) is 0 Å². The van der Waals surface area contributed by atoms with E-state index in [0.29, 0.717) is 0 Å². The molecule has 1 unspecified atom stereocenters. The minimum absolute atomic E-state index is 0.414. The molecule has 1 heteroatoms. The number of hydrogen-bond donors (Lipinski definition) is 1. The summed E-state index contributed by atoms with van der Waals surface area (Å²) in [6.45, 7) is 8.48. The molecule has 0 fully saturated rings. The summed E-state index contributed by atoms with van der Waals surface area (Å²) in [4.78, 5) is 0. The minimum atomic E-state index is -0.414. The quantitative estimate of drug-likeness (QED) is 0.261. The Morgan fingerprint density at radius 3 is 1.79 bits per heavy atom. The second-order valence-electron chi connectivity index (χ2n) is 9.91. The Bertz CT molecular complexity index is 1760. The summed E-state index contributed by atoms with van der Waals surface area (Å²) in [7, 11) is 0. The van der Waals surface area contributed by atoms with Gasteiger partial charge < -0.3 is 5.32 Å². The predicted molar refractivity (Wildman–Crippen MR) is 161 cm³/mol. The average Bonchev–Trinajstić information content (AvgIpc) is 3.44. The SMILES string of the molecule is C=CC1=C(C=C)C2(c3ccccc31)c1ccccc1-c1ccc(Nc3ccc(-c4ccccc4)cc3)cc12. The summed E-state index contributed by atoms with van der Waals surface area (Å²) in [5.74, 6) is 0. The number of hydrogen-bond acceptors (Lipinski definition) is 1. The van der Waals surface area contributed by atoms with E-state index in [1.54, 1.807) is 0 Å². The van der Waals surface area contributed by atoms with E-state index in [1.165, 1.54) is 50.1 Å². The molecule has 2 aliphatic carbocycles. The van der Waals surface area contributed by atoms with Crippen molar-refractivity contribution in [3.63, 3.8) is 0 Å². The summed E-state index contributed by atoms with van der Waals surface area (Å²) >= 11 is 0. The van der Waals surface area contributed by atoms with Crippen LogP contribution < -0.4 is 5.32 Å². The molecule has 7 rings (SSSR count). The van der Waals surface area contributed by atoms with Gasteiger partial charge in [-0.05, 0) is 79.9 Å². The molecule has 1 spiro atoms. The van der Waals surface area contributed by atoms with Crippen LogP contribution in [0, 0.1) is 0 Å². The fraction of sp³-hybridized carbons (Fsp3) is 0.0270. The molecule has 0 amide bonds. The maximum absolute atomic E-state index is 4.29. The van der Waals surface area contributed by atoms with E-state index in [9.17, 15) is 0 Å². The molecule has 0 saturated heterocycles. The van der Waals surface area contributed by atoms with Gasteiger partial charge >= 0.3 is 0 Å². The lowest BCUT2D eigenvalue weighted by atomic mass is 9.69. The van der Waals surface area contributed by atoms with Crippen molar-refractivity contribution < 1.29 is 0 Å². The Morgan fingerprint density at radius 1 is 0.500 bits per heavy atom. The first kappa shape index (κ1) is 22.3. The molecular weight excluding hydrogens is 458 g/mol. The van der Waals surface area contributed by atoms with E-state index in [-0.39, 0.29) is 0 Å². The van der Waals surface area contributed by atoms with Gasteiger partial charge in [0.1, 0.15) is 0 Å². The highest BCUT2D eigenvalue weighted by atomic mass is 14.9. The molecule has 5 aromatic carbocycles. The Kier molecular flexibility index (Phi) is 5.06. The number of rotatable bonds is 5. The van der Waals surface area contributed by atoms with Crippen molar-refractivity contribution >= 4 is 16.9 Å². The summed E-state index contributed by atoms with van der Waals surface area (Å²) in [6.07, 6.45) is 4.02. The van der Waals surface area contributed by atoms with E-state index in [2.05, 4.69) is 134 Å². The lowest BCUT2D eigenvalue weighted by molar-refractivity contribution is 0.787. The summed E-state index contributed by atoms with van der Waals surface area (Å²) < 4.78 is 0. The van der Waals surface area contributed by atoms with Crippen LogP contribution in [-0.2, 0) is 5.41 Å². The molecule has 180 valence electrons. The van der Waals surface area contributed by atoms with Crippen LogP contribution in [0.25, 0.3) is 27.8 Å². The molecule has 1 nitrogen and oxygen atoms in total. The van der Waals surface area contributed by atoms with Crippen molar-refractivity contribution in [3.8, 4) is 22.3 Å². The summed E-state index contributed by atoms with van der Waals surface area (Å²) in [6, 6.07) is 43.4. The number of anilines is 2. The third kappa shape index (κ3) is 3.06. The zero-order chi connectivity index (χ0) is 25.7. The zero-order valence-electron chi connectivity index (χ0n) is 21.1. The van der Waals surface area contributed by atoms with Crippen LogP contribution in [0.3, 0.4) is 0 Å². The number of fused-ring (bicyclic) bond motifs is 7. The number of benzene rings is 5. The summed E-state index contributed by atoms with van der Waals surface area (Å²) in [5.41, 5.74) is 14.2. The van der Waals surface area contributed by atoms with Gasteiger partial charge in [-0.25, -0.2) is 0 Å². The largest absolute Gasteiger partial charge is 0.356 e. The average molecular weight is 486 g/mol. The second kappa shape index (κ2) is 8.61. The van der Waals surface area contributed by atoms with Crippen molar-refractivity contribution in [1.82, 2.24) is 0 Å². The van der Waals surface area contributed by atoms with E-state index < -0.39 is 5.41 Å². The normalized spacial score (nSPS) is 16.6. The molecule has 1 N–H and O–H groups in total. The third-order valence-electron chi connectivity index (χ3n) is 8.05. The maximum Gasteiger partial charge on any atom is 0.0726 e. The van der Waals surface area contributed by atoms with Crippen LogP contribution >= 0.6 is 0 Å². The molecule has 0 saturated carbocycles. The van der Waals surface area contributed by atoms with Crippen molar-refractivity contribution in [1.29, 1.82) is 0 Å². The van der Waals surface area contributed by atoms with Gasteiger partial charge in [-0.15, -0.1) is 0 Å². The van der Waals surface area contributed by atoms with E-state index in [0.717, 1.165) is 16.9 Å². The fourth-order valence-electron chi connectivity index (χ4n) is 6.50. The molecule has 38 heavy (non-hydrogen) atoms. The van der Waals surface area contributed by atoms with Crippen LogP contribution in [0.15, 0.2) is 152 Å². The van der Waals surface area contributed by atoms with Crippen LogP contribution in [0.4, 0.5) is 11.4 Å².